The van der Waals surface area contributed by atoms with Gasteiger partial charge in [-0.25, -0.2) is 4.79 Å². The van der Waals surface area contributed by atoms with Crippen molar-refractivity contribution in [3.63, 3.8) is 0 Å². The van der Waals surface area contributed by atoms with Crippen LogP contribution in [0, 0.1) is 11.8 Å². The van der Waals surface area contributed by atoms with Crippen molar-refractivity contribution in [2.75, 3.05) is 0 Å². The largest absolute Gasteiger partial charge is 0.331 e. The van der Waals surface area contributed by atoms with E-state index >= 15 is 0 Å². The summed E-state index contributed by atoms with van der Waals surface area (Å²) in [6, 6.07) is -0.626. The Morgan fingerprint density at radius 3 is 2.40 bits per heavy atom. The van der Waals surface area contributed by atoms with Gasteiger partial charge in [-0.15, -0.1) is 0 Å². The fraction of sp³-hybridized carbons (Fsp3) is 0.800. The molecule has 1 saturated heterocycles. The van der Waals surface area contributed by atoms with Gasteiger partial charge in [0.15, 0.2) is 0 Å². The fourth-order valence-electron chi connectivity index (χ4n) is 3.51. The van der Waals surface area contributed by atoms with Crippen LogP contribution in [0.3, 0.4) is 0 Å². The van der Waals surface area contributed by atoms with Crippen molar-refractivity contribution in [1.82, 2.24) is 10.2 Å². The summed E-state index contributed by atoms with van der Waals surface area (Å²) < 4.78 is 0. The van der Waals surface area contributed by atoms with Gasteiger partial charge >= 0.3 is 6.03 Å². The Balaban J connectivity index is 2.21. The van der Waals surface area contributed by atoms with Gasteiger partial charge in [0.2, 0.25) is 11.8 Å². The maximum atomic E-state index is 12.7. The van der Waals surface area contributed by atoms with Crippen LogP contribution < -0.4 is 5.32 Å². The Bertz CT molecular complexity index is 402. The van der Waals surface area contributed by atoms with Crippen molar-refractivity contribution in [2.24, 2.45) is 11.8 Å². The van der Waals surface area contributed by atoms with Gasteiger partial charge in [-0.3, -0.25) is 19.8 Å². The van der Waals surface area contributed by atoms with Gasteiger partial charge in [-0.2, -0.15) is 0 Å². The Morgan fingerprint density at radius 2 is 1.85 bits per heavy atom. The van der Waals surface area contributed by atoms with E-state index in [1.807, 2.05) is 13.8 Å². The van der Waals surface area contributed by atoms with E-state index in [-0.39, 0.29) is 17.9 Å². The van der Waals surface area contributed by atoms with Crippen LogP contribution in [0.2, 0.25) is 0 Å². The first-order valence-electron chi connectivity index (χ1n) is 7.78. The third-order valence-corrected chi connectivity index (χ3v) is 4.56. The van der Waals surface area contributed by atoms with Crippen LogP contribution in [0.25, 0.3) is 0 Å². The predicted molar refractivity (Wildman–Crippen MR) is 74.8 cm³/mol. The lowest BCUT2D eigenvalue weighted by Gasteiger charge is -2.37. The van der Waals surface area contributed by atoms with E-state index < -0.39 is 17.9 Å². The first-order valence-corrected chi connectivity index (χ1v) is 7.78. The van der Waals surface area contributed by atoms with Crippen molar-refractivity contribution in [1.29, 1.82) is 0 Å². The van der Waals surface area contributed by atoms with E-state index in [0.717, 1.165) is 44.9 Å². The molecule has 0 aromatic rings. The Hall–Kier alpha value is -1.39. The molecule has 1 aliphatic carbocycles. The van der Waals surface area contributed by atoms with Crippen LogP contribution in [0.1, 0.15) is 58.8 Å². The summed E-state index contributed by atoms with van der Waals surface area (Å²) in [7, 11) is 0. The highest BCUT2D eigenvalue weighted by Crippen LogP contribution is 2.34. The lowest BCUT2D eigenvalue weighted by Crippen LogP contribution is -2.62. The van der Waals surface area contributed by atoms with Crippen LogP contribution in [-0.2, 0) is 9.59 Å². The maximum absolute atomic E-state index is 12.7. The number of hydrogen-bond donors (Lipinski definition) is 1. The van der Waals surface area contributed by atoms with Crippen LogP contribution >= 0.6 is 0 Å². The second kappa shape index (κ2) is 6.37. The lowest BCUT2D eigenvalue weighted by atomic mass is 9.87. The quantitative estimate of drug-likeness (QED) is 0.787. The molecule has 2 fully saturated rings. The van der Waals surface area contributed by atoms with Crippen molar-refractivity contribution < 1.29 is 14.4 Å². The molecule has 2 rings (SSSR count). The molecule has 1 N–H and O–H groups in total. The zero-order valence-corrected chi connectivity index (χ0v) is 12.4. The number of nitrogens with one attached hydrogen (secondary N) is 1. The zero-order chi connectivity index (χ0) is 14.7. The van der Waals surface area contributed by atoms with E-state index in [2.05, 4.69) is 5.32 Å². The number of urea groups is 1. The number of imide groups is 2. The molecule has 5 nitrogen and oxygen atoms in total. The average Bonchev–Trinajstić information content (AvgIpc) is 2.90. The summed E-state index contributed by atoms with van der Waals surface area (Å²) in [5, 5.41) is 2.39. The zero-order valence-electron chi connectivity index (χ0n) is 12.4. The highest BCUT2D eigenvalue weighted by Gasteiger charge is 2.46. The minimum atomic E-state index is -0.652. The summed E-state index contributed by atoms with van der Waals surface area (Å²) in [5.41, 5.74) is 0. The topological polar surface area (TPSA) is 66.5 Å². The molecule has 2 unspecified atom stereocenters. The van der Waals surface area contributed by atoms with E-state index in [9.17, 15) is 14.4 Å². The Labute approximate surface area is 120 Å². The monoisotopic (exact) mass is 280 g/mol. The normalized spacial score (nSPS) is 26.0. The molecule has 5 heteroatoms. The number of carbonyl (C=O) groups is 3. The molecular formula is C15H24N2O3. The van der Waals surface area contributed by atoms with Gasteiger partial charge in [0, 0.05) is 6.04 Å². The summed E-state index contributed by atoms with van der Waals surface area (Å²) in [6.45, 7) is 4.01. The summed E-state index contributed by atoms with van der Waals surface area (Å²) >= 11 is 0. The SMILES string of the molecule is CCCC(CC)N1C(=O)NC(=O)C(C2CCCC2)C1=O. The molecule has 2 atom stereocenters. The summed E-state index contributed by atoms with van der Waals surface area (Å²) in [5.74, 6) is -1.21. The Morgan fingerprint density at radius 1 is 1.20 bits per heavy atom. The van der Waals surface area contributed by atoms with Crippen molar-refractivity contribution in [2.45, 2.75) is 64.8 Å². The molecule has 20 heavy (non-hydrogen) atoms. The van der Waals surface area contributed by atoms with E-state index in [1.54, 1.807) is 0 Å². The number of nitrogens with zero attached hydrogens (tertiary/aromatic N) is 1. The van der Waals surface area contributed by atoms with Crippen LogP contribution in [0.4, 0.5) is 4.79 Å². The lowest BCUT2D eigenvalue weighted by molar-refractivity contribution is -0.146. The third kappa shape index (κ3) is 2.72. The number of hydrogen-bond acceptors (Lipinski definition) is 3. The molecule has 1 aliphatic heterocycles. The number of amides is 4. The minimum Gasteiger partial charge on any atom is -0.277 e. The van der Waals surface area contributed by atoms with E-state index in [0.29, 0.717) is 0 Å². The van der Waals surface area contributed by atoms with E-state index in [4.69, 9.17) is 0 Å². The Kier molecular flexibility index (Phi) is 4.78. The molecule has 0 radical (unpaired) electrons. The van der Waals surface area contributed by atoms with Crippen LogP contribution in [-0.4, -0.2) is 28.8 Å². The van der Waals surface area contributed by atoms with Gasteiger partial charge in [0.25, 0.3) is 0 Å². The first-order chi connectivity index (χ1) is 9.60. The van der Waals surface area contributed by atoms with Crippen LogP contribution in [0.5, 0.6) is 0 Å². The van der Waals surface area contributed by atoms with Gasteiger partial charge in [0.05, 0.1) is 0 Å². The average molecular weight is 280 g/mol. The molecular weight excluding hydrogens is 256 g/mol. The standard InChI is InChI=1S/C15H24N2O3/c1-3-7-11(4-2)17-14(19)12(10-8-5-6-9-10)13(18)16-15(17)20/h10-12H,3-9H2,1-2H3,(H,16,18,20). The number of rotatable bonds is 5. The molecule has 0 bridgehead atoms. The van der Waals surface area contributed by atoms with E-state index in [1.165, 1.54) is 4.90 Å². The van der Waals surface area contributed by atoms with Crippen molar-refractivity contribution in [3.8, 4) is 0 Å². The van der Waals surface area contributed by atoms with Gasteiger partial charge in [-0.05, 0) is 31.6 Å². The van der Waals surface area contributed by atoms with Gasteiger partial charge in [0.1, 0.15) is 5.92 Å². The molecule has 2 aliphatic rings. The second-order valence-electron chi connectivity index (χ2n) is 5.88. The molecule has 0 aromatic heterocycles. The smallest absolute Gasteiger partial charge is 0.277 e. The predicted octanol–water partition coefficient (Wildman–Crippen LogP) is 2.45. The minimum absolute atomic E-state index is 0.0931. The van der Waals surface area contributed by atoms with Crippen molar-refractivity contribution >= 4 is 17.8 Å². The highest BCUT2D eigenvalue weighted by atomic mass is 16.2. The van der Waals surface area contributed by atoms with Gasteiger partial charge < -0.3 is 0 Å². The first kappa shape index (κ1) is 15.0. The third-order valence-electron chi connectivity index (χ3n) is 4.56. The molecule has 112 valence electrons. The molecule has 0 spiro atoms. The highest BCUT2D eigenvalue weighted by molar-refractivity contribution is 6.16. The van der Waals surface area contributed by atoms with Gasteiger partial charge in [-0.1, -0.05) is 33.1 Å². The maximum Gasteiger partial charge on any atom is 0.331 e. The second-order valence-corrected chi connectivity index (χ2v) is 5.88. The summed E-state index contributed by atoms with van der Waals surface area (Å²) in [6.07, 6.45) is 6.41. The fourth-order valence-corrected chi connectivity index (χ4v) is 3.51. The summed E-state index contributed by atoms with van der Waals surface area (Å²) in [4.78, 5) is 38.0. The number of barbiturate groups is 1. The molecule has 4 amide bonds. The van der Waals surface area contributed by atoms with Crippen LogP contribution in [0.15, 0.2) is 0 Å². The molecule has 0 aromatic carbocycles. The molecule has 1 heterocycles. The number of carbonyl (C=O) groups excluding carboxylic acids is 3. The molecule has 1 saturated carbocycles. The van der Waals surface area contributed by atoms with Crippen molar-refractivity contribution in [3.05, 3.63) is 0 Å².